The first-order chi connectivity index (χ1) is 10.8. The second kappa shape index (κ2) is 5.10. The summed E-state index contributed by atoms with van der Waals surface area (Å²) in [5, 5.41) is 10.9. The van der Waals surface area contributed by atoms with E-state index in [1.165, 1.54) is 11.0 Å². The van der Waals surface area contributed by atoms with E-state index >= 15 is 0 Å². The summed E-state index contributed by atoms with van der Waals surface area (Å²) in [6.45, 7) is 0. The second-order valence-corrected chi connectivity index (χ2v) is 5.13. The van der Waals surface area contributed by atoms with E-state index < -0.39 is 0 Å². The van der Waals surface area contributed by atoms with E-state index in [0.717, 1.165) is 17.9 Å². The molecule has 110 valence electrons. The van der Waals surface area contributed by atoms with Crippen LogP contribution in [0.5, 0.6) is 5.75 Å². The Hall–Kier alpha value is -2.96. The molecule has 0 radical (unpaired) electrons. The van der Waals surface area contributed by atoms with Crippen LogP contribution in [0.1, 0.15) is 18.1 Å². The molecule has 7 heteroatoms. The predicted octanol–water partition coefficient (Wildman–Crippen LogP) is 1.96. The molecule has 1 fully saturated rings. The van der Waals surface area contributed by atoms with E-state index in [1.54, 1.807) is 30.5 Å². The lowest BCUT2D eigenvalue weighted by atomic mass is 10.2. The lowest BCUT2D eigenvalue weighted by Crippen LogP contribution is -2.11. The van der Waals surface area contributed by atoms with E-state index in [4.69, 9.17) is 9.15 Å². The highest BCUT2D eigenvalue weighted by atomic mass is 16.5. The van der Waals surface area contributed by atoms with Crippen LogP contribution in [0.3, 0.4) is 0 Å². The number of benzene rings is 1. The topological polar surface area (TPSA) is 83.0 Å². The van der Waals surface area contributed by atoms with Gasteiger partial charge in [-0.15, -0.1) is 5.10 Å². The highest BCUT2D eigenvalue weighted by Crippen LogP contribution is 2.48. The third-order valence-electron chi connectivity index (χ3n) is 3.67. The van der Waals surface area contributed by atoms with Crippen molar-refractivity contribution in [1.29, 1.82) is 0 Å². The third-order valence-corrected chi connectivity index (χ3v) is 3.67. The molecule has 0 N–H and O–H groups in total. The van der Waals surface area contributed by atoms with Crippen molar-refractivity contribution in [3.8, 4) is 11.4 Å². The third kappa shape index (κ3) is 2.37. The van der Waals surface area contributed by atoms with Gasteiger partial charge in [-0.2, -0.15) is 0 Å². The van der Waals surface area contributed by atoms with Gasteiger partial charge >= 0.3 is 5.97 Å². The molecule has 2 aromatic heterocycles. The van der Waals surface area contributed by atoms with Crippen molar-refractivity contribution < 1.29 is 13.9 Å². The van der Waals surface area contributed by atoms with Crippen molar-refractivity contribution in [2.75, 3.05) is 0 Å². The molecule has 7 nitrogen and oxygen atoms in total. The number of carbonyl (C=O) groups is 1. The van der Waals surface area contributed by atoms with Gasteiger partial charge in [-0.25, -0.2) is 4.68 Å². The van der Waals surface area contributed by atoms with Crippen LogP contribution in [0.25, 0.3) is 5.69 Å². The van der Waals surface area contributed by atoms with Gasteiger partial charge in [0.05, 0.1) is 17.9 Å². The Balaban J connectivity index is 1.40. The molecule has 0 unspecified atom stereocenters. The van der Waals surface area contributed by atoms with Gasteiger partial charge < -0.3 is 9.15 Å². The molecule has 0 bridgehead atoms. The number of carbonyl (C=O) groups excluding carboxylic acids is 1. The number of esters is 1. The number of nitrogens with zero attached hydrogens (tertiary/aromatic N) is 4. The maximum atomic E-state index is 12.1. The van der Waals surface area contributed by atoms with E-state index in [2.05, 4.69) is 15.5 Å². The Morgan fingerprint density at radius 1 is 1.27 bits per heavy atom. The molecule has 22 heavy (non-hydrogen) atoms. The highest BCUT2D eigenvalue weighted by Gasteiger charge is 2.47. The van der Waals surface area contributed by atoms with Gasteiger partial charge in [0.15, 0.2) is 0 Å². The van der Waals surface area contributed by atoms with E-state index in [0.29, 0.717) is 5.75 Å². The molecule has 2 atom stereocenters. The fraction of sp³-hybridized carbons (Fsp3) is 0.200. The first-order valence-corrected chi connectivity index (χ1v) is 6.90. The lowest BCUT2D eigenvalue weighted by molar-refractivity contribution is -0.135. The number of hydrogen-bond acceptors (Lipinski definition) is 6. The normalized spacial score (nSPS) is 19.8. The van der Waals surface area contributed by atoms with E-state index in [-0.39, 0.29) is 17.8 Å². The Morgan fingerprint density at radius 3 is 2.82 bits per heavy atom. The van der Waals surface area contributed by atoms with Crippen LogP contribution in [0.4, 0.5) is 0 Å². The van der Waals surface area contributed by atoms with Crippen LogP contribution in [-0.4, -0.2) is 26.2 Å². The number of ether oxygens (including phenoxy) is 1. The zero-order chi connectivity index (χ0) is 14.9. The van der Waals surface area contributed by atoms with Gasteiger partial charge in [0.2, 0.25) is 0 Å². The minimum Gasteiger partial charge on any atom is -0.469 e. The lowest BCUT2D eigenvalue weighted by Gasteiger charge is -2.05. The highest BCUT2D eigenvalue weighted by molar-refractivity contribution is 5.79. The second-order valence-electron chi connectivity index (χ2n) is 5.13. The minimum absolute atomic E-state index is 0.120. The van der Waals surface area contributed by atoms with Gasteiger partial charge in [-0.05, 0) is 53.2 Å². The van der Waals surface area contributed by atoms with Gasteiger partial charge in [0.1, 0.15) is 17.8 Å². The van der Waals surface area contributed by atoms with Gasteiger partial charge in [0, 0.05) is 5.92 Å². The van der Waals surface area contributed by atoms with Crippen LogP contribution >= 0.6 is 0 Å². The number of rotatable bonds is 4. The van der Waals surface area contributed by atoms with Crippen molar-refractivity contribution in [2.24, 2.45) is 5.92 Å². The van der Waals surface area contributed by atoms with E-state index in [1.807, 2.05) is 12.1 Å². The van der Waals surface area contributed by atoms with Gasteiger partial charge in [-0.3, -0.25) is 4.79 Å². The predicted molar refractivity (Wildman–Crippen MR) is 74.3 cm³/mol. The average molecular weight is 296 g/mol. The molecule has 4 rings (SSSR count). The molecule has 0 spiro atoms. The number of tetrazole rings is 1. The van der Waals surface area contributed by atoms with Crippen molar-refractivity contribution in [1.82, 2.24) is 20.2 Å². The molecule has 1 aromatic carbocycles. The largest absolute Gasteiger partial charge is 0.469 e. The fourth-order valence-electron chi connectivity index (χ4n) is 2.41. The van der Waals surface area contributed by atoms with Crippen molar-refractivity contribution in [2.45, 2.75) is 12.3 Å². The van der Waals surface area contributed by atoms with Crippen LogP contribution < -0.4 is 4.74 Å². The Kier molecular flexibility index (Phi) is 2.96. The van der Waals surface area contributed by atoms with E-state index in [9.17, 15) is 4.79 Å². The quantitative estimate of drug-likeness (QED) is 0.540. The Labute approximate surface area is 125 Å². The minimum atomic E-state index is -0.225. The first-order valence-electron chi connectivity index (χ1n) is 6.90. The summed E-state index contributed by atoms with van der Waals surface area (Å²) in [7, 11) is 0. The summed E-state index contributed by atoms with van der Waals surface area (Å²) in [5.74, 6) is 1.15. The average Bonchev–Trinajstić information content (AvgIpc) is 2.97. The van der Waals surface area contributed by atoms with Gasteiger partial charge in [0.25, 0.3) is 0 Å². The van der Waals surface area contributed by atoms with Gasteiger partial charge in [-0.1, -0.05) is 0 Å². The molecule has 0 amide bonds. The molecule has 0 aliphatic heterocycles. The monoisotopic (exact) mass is 296 g/mol. The summed E-state index contributed by atoms with van der Waals surface area (Å²) >= 11 is 0. The summed E-state index contributed by atoms with van der Waals surface area (Å²) in [6.07, 6.45) is 3.89. The standard InChI is InChI=1S/C15H12N4O3/c20-15(13-8-12(13)14-2-1-7-21-14)22-11-5-3-10(4-6-11)19-9-16-17-18-19/h1-7,9,12-13H,8H2/t12-,13-/m0/s1. The van der Waals surface area contributed by atoms with Crippen LogP contribution in [0, 0.1) is 5.92 Å². The fourth-order valence-corrected chi connectivity index (χ4v) is 2.41. The molecule has 1 aliphatic rings. The number of furan rings is 1. The molecular formula is C15H12N4O3. The molecule has 1 aliphatic carbocycles. The molecular weight excluding hydrogens is 284 g/mol. The maximum Gasteiger partial charge on any atom is 0.315 e. The number of hydrogen-bond donors (Lipinski definition) is 0. The van der Waals surface area contributed by atoms with Crippen molar-refractivity contribution in [3.05, 3.63) is 54.7 Å². The summed E-state index contributed by atoms with van der Waals surface area (Å²) in [6, 6.07) is 10.7. The smallest absolute Gasteiger partial charge is 0.315 e. The SMILES string of the molecule is O=C(Oc1ccc(-n2cnnn2)cc1)[C@H]1C[C@@H]1c1ccco1. The first kappa shape index (κ1) is 12.8. The molecule has 3 aromatic rings. The van der Waals surface area contributed by atoms with Crippen LogP contribution in [-0.2, 0) is 4.79 Å². The zero-order valence-electron chi connectivity index (χ0n) is 11.5. The number of aromatic nitrogens is 4. The Morgan fingerprint density at radius 2 is 2.14 bits per heavy atom. The molecule has 1 saturated carbocycles. The Bertz CT molecular complexity index is 766. The maximum absolute atomic E-state index is 12.1. The zero-order valence-corrected chi connectivity index (χ0v) is 11.5. The molecule has 2 heterocycles. The van der Waals surface area contributed by atoms with Crippen LogP contribution in [0.2, 0.25) is 0 Å². The summed E-state index contributed by atoms with van der Waals surface area (Å²) < 4.78 is 12.2. The van der Waals surface area contributed by atoms with Crippen molar-refractivity contribution >= 4 is 5.97 Å². The summed E-state index contributed by atoms with van der Waals surface area (Å²) in [5.41, 5.74) is 0.796. The molecule has 0 saturated heterocycles. The van der Waals surface area contributed by atoms with Crippen LogP contribution in [0.15, 0.2) is 53.4 Å². The van der Waals surface area contributed by atoms with Crippen molar-refractivity contribution in [3.63, 3.8) is 0 Å². The summed E-state index contributed by atoms with van der Waals surface area (Å²) in [4.78, 5) is 12.1.